The van der Waals surface area contributed by atoms with Gasteiger partial charge < -0.3 is 19.5 Å². The Labute approximate surface area is 116 Å². The van der Waals surface area contributed by atoms with Crippen LogP contribution < -0.4 is 19.5 Å². The number of aromatic nitrogens is 3. The van der Waals surface area contributed by atoms with E-state index in [0.29, 0.717) is 11.5 Å². The highest BCUT2D eigenvalue weighted by molar-refractivity contribution is 5.55. The van der Waals surface area contributed by atoms with E-state index in [0.717, 1.165) is 30.9 Å². The maximum atomic E-state index is 5.39. The summed E-state index contributed by atoms with van der Waals surface area (Å²) in [6, 6.07) is 3.92. The largest absolute Gasteiger partial charge is 0.493 e. The van der Waals surface area contributed by atoms with Crippen LogP contribution in [0.2, 0.25) is 0 Å². The van der Waals surface area contributed by atoms with Gasteiger partial charge in [0.2, 0.25) is 12.5 Å². The van der Waals surface area contributed by atoms with Gasteiger partial charge in [-0.25, -0.2) is 0 Å². The lowest BCUT2D eigenvalue weighted by atomic mass is 10.2. The zero-order valence-electron chi connectivity index (χ0n) is 11.2. The van der Waals surface area contributed by atoms with Crippen molar-refractivity contribution in [1.82, 2.24) is 20.3 Å². The van der Waals surface area contributed by atoms with E-state index < -0.39 is 0 Å². The molecular formula is C13H16N4O3. The Bertz CT molecular complexity index is 571. The number of fused-ring (bicyclic) bond motifs is 1. The van der Waals surface area contributed by atoms with Gasteiger partial charge >= 0.3 is 0 Å². The molecule has 0 radical (unpaired) electrons. The van der Waals surface area contributed by atoms with E-state index in [9.17, 15) is 0 Å². The van der Waals surface area contributed by atoms with Crippen LogP contribution in [-0.4, -0.2) is 35.4 Å². The van der Waals surface area contributed by atoms with Crippen molar-refractivity contribution >= 4 is 0 Å². The molecule has 0 aliphatic carbocycles. The first-order valence-corrected chi connectivity index (χ1v) is 6.38. The molecule has 0 spiro atoms. The van der Waals surface area contributed by atoms with Crippen LogP contribution in [0.25, 0.3) is 0 Å². The van der Waals surface area contributed by atoms with Gasteiger partial charge in [-0.15, -0.1) is 5.10 Å². The van der Waals surface area contributed by atoms with E-state index in [1.165, 1.54) is 0 Å². The predicted octanol–water partition coefficient (Wildman–Crippen LogP) is 0.805. The second-order valence-electron chi connectivity index (χ2n) is 4.37. The quantitative estimate of drug-likeness (QED) is 0.787. The molecule has 1 aliphatic heterocycles. The van der Waals surface area contributed by atoms with Gasteiger partial charge in [-0.1, -0.05) is 5.21 Å². The average Bonchev–Trinajstić information content (AvgIpc) is 3.13. The highest BCUT2D eigenvalue weighted by atomic mass is 16.7. The summed E-state index contributed by atoms with van der Waals surface area (Å²) in [6.45, 7) is 2.55. The third-order valence-corrected chi connectivity index (χ3v) is 3.04. The molecule has 0 saturated heterocycles. The van der Waals surface area contributed by atoms with Crippen molar-refractivity contribution < 1.29 is 14.2 Å². The number of rotatable bonds is 6. The summed E-state index contributed by atoms with van der Waals surface area (Å²) in [5, 5.41) is 11.0. The summed E-state index contributed by atoms with van der Waals surface area (Å²) < 4.78 is 17.9. The summed E-state index contributed by atoms with van der Waals surface area (Å²) >= 11 is 0. The van der Waals surface area contributed by atoms with Crippen molar-refractivity contribution in [3.63, 3.8) is 0 Å². The number of hydrogen-bond donors (Lipinski definition) is 1. The lowest BCUT2D eigenvalue weighted by Gasteiger charge is -2.09. The molecule has 1 aliphatic rings. The summed E-state index contributed by atoms with van der Waals surface area (Å²) in [4.78, 5) is 0. The maximum absolute atomic E-state index is 5.39. The maximum Gasteiger partial charge on any atom is 0.231 e. The Balaban J connectivity index is 1.57. The first-order valence-electron chi connectivity index (χ1n) is 6.38. The van der Waals surface area contributed by atoms with Crippen molar-refractivity contribution in [2.24, 2.45) is 0 Å². The van der Waals surface area contributed by atoms with Crippen molar-refractivity contribution in [3.05, 3.63) is 30.1 Å². The van der Waals surface area contributed by atoms with Crippen molar-refractivity contribution in [1.29, 1.82) is 0 Å². The normalized spacial score (nSPS) is 12.7. The molecule has 2 heterocycles. The number of benzene rings is 1. The standard InChI is InChI=1S/C13H16N4O3/c1-18-11-6-10(7-12-13(11)20-9-19-12)8-14-2-4-17-5-3-15-16-17/h3,5-7,14H,2,4,8-9H2,1H3. The van der Waals surface area contributed by atoms with Gasteiger partial charge in [0.1, 0.15) is 0 Å². The number of nitrogens with one attached hydrogen (secondary N) is 1. The monoisotopic (exact) mass is 276 g/mol. The number of ether oxygens (including phenoxy) is 3. The van der Waals surface area contributed by atoms with Gasteiger partial charge in [-0.3, -0.25) is 4.68 Å². The second-order valence-corrected chi connectivity index (χ2v) is 4.37. The molecule has 0 bridgehead atoms. The van der Waals surface area contributed by atoms with Crippen LogP contribution in [0.4, 0.5) is 0 Å². The SMILES string of the molecule is COc1cc(CNCCn2ccnn2)cc2c1OCO2. The zero-order chi connectivity index (χ0) is 13.8. The van der Waals surface area contributed by atoms with Gasteiger partial charge in [0.05, 0.1) is 19.9 Å². The minimum Gasteiger partial charge on any atom is -0.493 e. The van der Waals surface area contributed by atoms with Crippen LogP contribution in [0.1, 0.15) is 5.56 Å². The molecule has 7 nitrogen and oxygen atoms in total. The number of methoxy groups -OCH3 is 1. The smallest absolute Gasteiger partial charge is 0.231 e. The van der Waals surface area contributed by atoms with Gasteiger partial charge in [0.25, 0.3) is 0 Å². The van der Waals surface area contributed by atoms with E-state index in [2.05, 4.69) is 15.6 Å². The molecule has 1 aromatic heterocycles. The van der Waals surface area contributed by atoms with E-state index in [1.807, 2.05) is 18.3 Å². The average molecular weight is 276 g/mol. The van der Waals surface area contributed by atoms with Gasteiger partial charge in [0, 0.05) is 19.3 Å². The second kappa shape index (κ2) is 5.79. The molecule has 0 atom stereocenters. The minimum atomic E-state index is 0.245. The Morgan fingerprint density at radius 3 is 3.15 bits per heavy atom. The Kier molecular flexibility index (Phi) is 3.69. The van der Waals surface area contributed by atoms with Gasteiger partial charge in [-0.05, 0) is 17.7 Å². The molecule has 1 N–H and O–H groups in total. The summed E-state index contributed by atoms with van der Waals surface area (Å²) in [6.07, 6.45) is 3.51. The first-order chi connectivity index (χ1) is 9.86. The Hall–Kier alpha value is -2.28. The van der Waals surface area contributed by atoms with E-state index in [1.54, 1.807) is 18.0 Å². The van der Waals surface area contributed by atoms with Crippen LogP contribution in [0.5, 0.6) is 17.2 Å². The summed E-state index contributed by atoms with van der Waals surface area (Å²) in [5.41, 5.74) is 1.09. The highest BCUT2D eigenvalue weighted by Crippen LogP contribution is 2.41. The Morgan fingerprint density at radius 2 is 2.35 bits per heavy atom. The Morgan fingerprint density at radius 1 is 1.40 bits per heavy atom. The molecule has 3 rings (SSSR count). The molecule has 0 unspecified atom stereocenters. The third kappa shape index (κ3) is 2.67. The van der Waals surface area contributed by atoms with Crippen LogP contribution in [-0.2, 0) is 13.1 Å². The number of hydrogen-bond acceptors (Lipinski definition) is 6. The van der Waals surface area contributed by atoms with Crippen LogP contribution in [0, 0.1) is 0 Å². The zero-order valence-corrected chi connectivity index (χ0v) is 11.2. The molecule has 1 aromatic carbocycles. The topological polar surface area (TPSA) is 70.4 Å². The fourth-order valence-electron chi connectivity index (χ4n) is 2.06. The van der Waals surface area contributed by atoms with Crippen molar-refractivity contribution in [3.8, 4) is 17.2 Å². The van der Waals surface area contributed by atoms with Gasteiger partial charge in [0.15, 0.2) is 11.5 Å². The highest BCUT2D eigenvalue weighted by Gasteiger charge is 2.19. The summed E-state index contributed by atoms with van der Waals surface area (Å²) in [5.74, 6) is 2.12. The minimum absolute atomic E-state index is 0.245. The molecule has 0 fully saturated rings. The molecule has 7 heteroatoms. The number of nitrogens with zero attached hydrogens (tertiary/aromatic N) is 3. The molecule has 0 amide bonds. The predicted molar refractivity (Wildman–Crippen MR) is 70.8 cm³/mol. The van der Waals surface area contributed by atoms with E-state index in [-0.39, 0.29) is 6.79 Å². The van der Waals surface area contributed by atoms with Crippen molar-refractivity contribution in [2.45, 2.75) is 13.1 Å². The van der Waals surface area contributed by atoms with E-state index >= 15 is 0 Å². The lowest BCUT2D eigenvalue weighted by Crippen LogP contribution is -2.19. The fraction of sp³-hybridized carbons (Fsp3) is 0.385. The van der Waals surface area contributed by atoms with Crippen molar-refractivity contribution in [2.75, 3.05) is 20.4 Å². The molecule has 2 aromatic rings. The molecule has 106 valence electrons. The van der Waals surface area contributed by atoms with E-state index in [4.69, 9.17) is 14.2 Å². The third-order valence-electron chi connectivity index (χ3n) is 3.04. The fourth-order valence-corrected chi connectivity index (χ4v) is 2.06. The molecule has 0 saturated carbocycles. The van der Waals surface area contributed by atoms with Gasteiger partial charge in [-0.2, -0.15) is 0 Å². The summed E-state index contributed by atoms with van der Waals surface area (Å²) in [7, 11) is 1.62. The molecule has 20 heavy (non-hydrogen) atoms. The first kappa shape index (κ1) is 12.7. The van der Waals surface area contributed by atoms with Crippen LogP contribution in [0.15, 0.2) is 24.5 Å². The lowest BCUT2D eigenvalue weighted by molar-refractivity contribution is 0.171. The van der Waals surface area contributed by atoms with Crippen LogP contribution in [0.3, 0.4) is 0 Å². The van der Waals surface area contributed by atoms with Crippen LogP contribution >= 0.6 is 0 Å². The molecular weight excluding hydrogens is 260 g/mol.